The SMILES string of the molecule is CCSCCCSC(C)C(=O)O. The molecule has 12 heavy (non-hydrogen) atoms. The van der Waals surface area contributed by atoms with E-state index in [4.69, 9.17) is 5.11 Å². The molecule has 0 aromatic rings. The summed E-state index contributed by atoms with van der Waals surface area (Å²) in [7, 11) is 0. The van der Waals surface area contributed by atoms with Gasteiger partial charge in [-0.15, -0.1) is 11.8 Å². The van der Waals surface area contributed by atoms with Gasteiger partial charge in [-0.3, -0.25) is 4.79 Å². The van der Waals surface area contributed by atoms with Crippen LogP contribution in [0.25, 0.3) is 0 Å². The van der Waals surface area contributed by atoms with Crippen molar-refractivity contribution in [1.29, 1.82) is 0 Å². The first-order valence-corrected chi connectivity index (χ1v) is 6.31. The fourth-order valence-electron chi connectivity index (χ4n) is 0.637. The molecular weight excluding hydrogens is 192 g/mol. The zero-order chi connectivity index (χ0) is 9.40. The van der Waals surface area contributed by atoms with Crippen molar-refractivity contribution in [3.8, 4) is 0 Å². The van der Waals surface area contributed by atoms with E-state index in [-0.39, 0.29) is 5.25 Å². The van der Waals surface area contributed by atoms with Crippen LogP contribution in [0.1, 0.15) is 20.3 Å². The molecule has 0 saturated carbocycles. The topological polar surface area (TPSA) is 37.3 Å². The third-order valence-corrected chi connectivity index (χ3v) is 3.56. The van der Waals surface area contributed by atoms with E-state index in [1.54, 1.807) is 6.92 Å². The Morgan fingerprint density at radius 3 is 2.67 bits per heavy atom. The molecular formula is C8H16O2S2. The number of carboxylic acids is 1. The molecule has 1 N–H and O–H groups in total. The minimum atomic E-state index is -0.705. The van der Waals surface area contributed by atoms with Gasteiger partial charge in [-0.2, -0.15) is 11.8 Å². The van der Waals surface area contributed by atoms with Gasteiger partial charge in [0.15, 0.2) is 0 Å². The molecule has 0 heterocycles. The summed E-state index contributed by atoms with van der Waals surface area (Å²) < 4.78 is 0. The van der Waals surface area contributed by atoms with Crippen LogP contribution in [0.4, 0.5) is 0 Å². The Hall–Kier alpha value is 0.170. The maximum Gasteiger partial charge on any atom is 0.316 e. The maximum atomic E-state index is 10.4. The fraction of sp³-hybridized carbons (Fsp3) is 0.875. The number of hydrogen-bond donors (Lipinski definition) is 1. The molecule has 0 aromatic carbocycles. The Kier molecular flexibility index (Phi) is 7.91. The summed E-state index contributed by atoms with van der Waals surface area (Å²) in [6, 6.07) is 0. The summed E-state index contributed by atoms with van der Waals surface area (Å²) >= 11 is 3.43. The summed E-state index contributed by atoms with van der Waals surface area (Å²) in [5.41, 5.74) is 0. The summed E-state index contributed by atoms with van der Waals surface area (Å²) in [6.07, 6.45) is 1.11. The maximum absolute atomic E-state index is 10.4. The lowest BCUT2D eigenvalue weighted by Gasteiger charge is -2.04. The number of carbonyl (C=O) groups is 1. The summed E-state index contributed by atoms with van der Waals surface area (Å²) in [6.45, 7) is 3.87. The average Bonchev–Trinajstić information content (AvgIpc) is 2.03. The summed E-state index contributed by atoms with van der Waals surface area (Å²) in [4.78, 5) is 10.4. The molecule has 0 radical (unpaired) electrons. The van der Waals surface area contributed by atoms with Crippen molar-refractivity contribution in [1.82, 2.24) is 0 Å². The Balaban J connectivity index is 3.14. The van der Waals surface area contributed by atoms with Gasteiger partial charge < -0.3 is 5.11 Å². The van der Waals surface area contributed by atoms with Crippen molar-refractivity contribution < 1.29 is 9.90 Å². The van der Waals surface area contributed by atoms with Crippen LogP contribution in [0, 0.1) is 0 Å². The quantitative estimate of drug-likeness (QED) is 0.652. The van der Waals surface area contributed by atoms with Gasteiger partial charge in [-0.1, -0.05) is 6.92 Å². The van der Waals surface area contributed by atoms with E-state index in [9.17, 15) is 4.79 Å². The van der Waals surface area contributed by atoms with E-state index in [1.165, 1.54) is 11.8 Å². The number of hydrogen-bond acceptors (Lipinski definition) is 3. The van der Waals surface area contributed by atoms with Crippen molar-refractivity contribution in [3.63, 3.8) is 0 Å². The molecule has 0 aliphatic carbocycles. The van der Waals surface area contributed by atoms with Crippen LogP contribution >= 0.6 is 23.5 Å². The molecule has 0 aromatic heterocycles. The van der Waals surface area contributed by atoms with Gasteiger partial charge in [0.05, 0.1) is 5.25 Å². The molecule has 4 heteroatoms. The minimum Gasteiger partial charge on any atom is -0.480 e. The molecule has 0 saturated heterocycles. The first-order valence-electron chi connectivity index (χ1n) is 4.10. The Morgan fingerprint density at radius 1 is 1.50 bits per heavy atom. The van der Waals surface area contributed by atoms with E-state index in [2.05, 4.69) is 6.92 Å². The van der Waals surface area contributed by atoms with Crippen molar-refractivity contribution in [3.05, 3.63) is 0 Å². The van der Waals surface area contributed by atoms with Gasteiger partial charge in [-0.05, 0) is 30.6 Å². The third kappa shape index (κ3) is 6.85. The molecule has 0 amide bonds. The molecule has 0 aliphatic rings. The van der Waals surface area contributed by atoms with Crippen molar-refractivity contribution in [2.75, 3.05) is 17.3 Å². The second-order valence-electron chi connectivity index (χ2n) is 2.40. The normalized spacial score (nSPS) is 12.8. The van der Waals surface area contributed by atoms with Crippen LogP contribution in [0.5, 0.6) is 0 Å². The number of thioether (sulfide) groups is 2. The zero-order valence-electron chi connectivity index (χ0n) is 7.58. The van der Waals surface area contributed by atoms with Crippen LogP contribution in [-0.2, 0) is 4.79 Å². The molecule has 1 atom stereocenters. The second-order valence-corrected chi connectivity index (χ2v) is 5.24. The standard InChI is InChI=1S/C8H16O2S2/c1-3-11-5-4-6-12-7(2)8(9)10/h7H,3-6H2,1-2H3,(H,9,10). The lowest BCUT2D eigenvalue weighted by atomic mass is 10.5. The van der Waals surface area contributed by atoms with Gasteiger partial charge in [0.1, 0.15) is 0 Å². The van der Waals surface area contributed by atoms with E-state index in [0.717, 1.165) is 23.7 Å². The van der Waals surface area contributed by atoms with E-state index >= 15 is 0 Å². The molecule has 0 fully saturated rings. The van der Waals surface area contributed by atoms with Gasteiger partial charge in [0.2, 0.25) is 0 Å². The largest absolute Gasteiger partial charge is 0.480 e. The molecule has 0 spiro atoms. The summed E-state index contributed by atoms with van der Waals surface area (Å²) in [5, 5.41) is 8.31. The predicted molar refractivity (Wildman–Crippen MR) is 57.2 cm³/mol. The summed E-state index contributed by atoms with van der Waals surface area (Å²) in [5.74, 6) is 2.55. The molecule has 2 nitrogen and oxygen atoms in total. The molecule has 0 aliphatic heterocycles. The molecule has 0 rings (SSSR count). The number of rotatable bonds is 7. The second kappa shape index (κ2) is 7.80. The molecule has 1 unspecified atom stereocenters. The first-order chi connectivity index (χ1) is 5.68. The lowest BCUT2D eigenvalue weighted by molar-refractivity contribution is -0.136. The minimum absolute atomic E-state index is 0.253. The van der Waals surface area contributed by atoms with Gasteiger partial charge in [-0.25, -0.2) is 0 Å². The monoisotopic (exact) mass is 208 g/mol. The lowest BCUT2D eigenvalue weighted by Crippen LogP contribution is -2.12. The fourth-order valence-corrected chi connectivity index (χ4v) is 2.26. The van der Waals surface area contributed by atoms with Gasteiger partial charge in [0.25, 0.3) is 0 Å². The first kappa shape index (κ1) is 12.2. The van der Waals surface area contributed by atoms with Crippen LogP contribution < -0.4 is 0 Å². The van der Waals surface area contributed by atoms with Crippen LogP contribution in [0.3, 0.4) is 0 Å². The van der Waals surface area contributed by atoms with Crippen molar-refractivity contribution in [2.24, 2.45) is 0 Å². The van der Waals surface area contributed by atoms with Crippen molar-refractivity contribution >= 4 is 29.5 Å². The highest BCUT2D eigenvalue weighted by molar-refractivity contribution is 8.00. The van der Waals surface area contributed by atoms with Crippen LogP contribution in [-0.4, -0.2) is 33.6 Å². The van der Waals surface area contributed by atoms with Crippen molar-refractivity contribution in [2.45, 2.75) is 25.5 Å². The number of aliphatic carboxylic acids is 1. The van der Waals surface area contributed by atoms with Crippen LogP contribution in [0.15, 0.2) is 0 Å². The Bertz CT molecular complexity index is 128. The Labute approximate surface area is 82.5 Å². The average molecular weight is 208 g/mol. The van der Waals surface area contributed by atoms with Gasteiger partial charge in [0, 0.05) is 0 Å². The smallest absolute Gasteiger partial charge is 0.316 e. The highest BCUT2D eigenvalue weighted by Crippen LogP contribution is 2.13. The predicted octanol–water partition coefficient (Wildman–Crippen LogP) is 2.34. The molecule has 72 valence electrons. The number of carboxylic acid groups (broad SMARTS) is 1. The van der Waals surface area contributed by atoms with E-state index < -0.39 is 5.97 Å². The van der Waals surface area contributed by atoms with E-state index in [0.29, 0.717) is 0 Å². The Morgan fingerprint density at radius 2 is 2.17 bits per heavy atom. The van der Waals surface area contributed by atoms with Crippen LogP contribution in [0.2, 0.25) is 0 Å². The van der Waals surface area contributed by atoms with E-state index in [1.807, 2.05) is 11.8 Å². The third-order valence-electron chi connectivity index (χ3n) is 1.35. The zero-order valence-corrected chi connectivity index (χ0v) is 9.21. The highest BCUT2D eigenvalue weighted by atomic mass is 32.2. The van der Waals surface area contributed by atoms with Gasteiger partial charge >= 0.3 is 5.97 Å². The molecule has 0 bridgehead atoms. The highest BCUT2D eigenvalue weighted by Gasteiger charge is 2.09.